The van der Waals surface area contributed by atoms with Crippen molar-refractivity contribution in [3.8, 4) is 0 Å². The molecule has 0 saturated carbocycles. The number of hydrogen-bond acceptors (Lipinski definition) is 2. The molecule has 3 heteroatoms. The van der Waals surface area contributed by atoms with E-state index in [0.717, 1.165) is 0 Å². The molecule has 0 radical (unpaired) electrons. The summed E-state index contributed by atoms with van der Waals surface area (Å²) in [6.45, 7) is 8.19. The van der Waals surface area contributed by atoms with Gasteiger partial charge in [0, 0.05) is 13.0 Å². The molecule has 0 saturated heterocycles. The lowest BCUT2D eigenvalue weighted by atomic mass is 9.85. The first kappa shape index (κ1) is 11.4. The maximum absolute atomic E-state index is 11.5. The summed E-state index contributed by atoms with van der Waals surface area (Å²) < 4.78 is 0. The van der Waals surface area contributed by atoms with Gasteiger partial charge in [-0.2, -0.15) is 0 Å². The molecule has 0 aromatic rings. The zero-order valence-corrected chi connectivity index (χ0v) is 8.66. The maximum Gasteiger partial charge on any atom is 0.239 e. The van der Waals surface area contributed by atoms with E-state index in [1.807, 2.05) is 27.7 Å². The second kappa shape index (κ2) is 4.45. The molecule has 0 spiro atoms. The summed E-state index contributed by atoms with van der Waals surface area (Å²) in [5, 5.41) is 1.19. The second-order valence-electron chi connectivity index (χ2n) is 3.96. The highest BCUT2D eigenvalue weighted by molar-refractivity contribution is 5.78. The summed E-state index contributed by atoms with van der Waals surface area (Å²) >= 11 is 0. The molecule has 0 aromatic carbocycles. The fourth-order valence-corrected chi connectivity index (χ4v) is 1.58. The fraction of sp³-hybridized carbons (Fsp3) is 0.889. The zero-order valence-electron chi connectivity index (χ0n) is 8.66. The second-order valence-corrected chi connectivity index (χ2v) is 3.96. The van der Waals surface area contributed by atoms with E-state index in [2.05, 4.69) is 0 Å². The van der Waals surface area contributed by atoms with Crippen molar-refractivity contribution in [2.45, 2.75) is 27.7 Å². The highest BCUT2D eigenvalue weighted by atomic mass is 16.2. The van der Waals surface area contributed by atoms with E-state index >= 15 is 0 Å². The lowest BCUT2D eigenvalue weighted by Gasteiger charge is -2.26. The standard InChI is InChI=1S/C9H20N2O/c1-6(2)8(7(3)4)9(12)11(5)10/h6-8H,10H2,1-5H3. The maximum atomic E-state index is 11.5. The van der Waals surface area contributed by atoms with Gasteiger partial charge in [0.15, 0.2) is 0 Å². The molecule has 12 heavy (non-hydrogen) atoms. The van der Waals surface area contributed by atoms with Gasteiger partial charge in [0.25, 0.3) is 0 Å². The van der Waals surface area contributed by atoms with Gasteiger partial charge in [0.05, 0.1) is 0 Å². The zero-order chi connectivity index (χ0) is 9.89. The molecule has 0 aliphatic rings. The number of amides is 1. The summed E-state index contributed by atoms with van der Waals surface area (Å²) in [5.74, 6) is 6.17. The van der Waals surface area contributed by atoms with Crippen LogP contribution in [0.1, 0.15) is 27.7 Å². The fourth-order valence-electron chi connectivity index (χ4n) is 1.58. The predicted octanol–water partition coefficient (Wildman–Crippen LogP) is 1.25. The Balaban J connectivity index is 4.41. The Morgan fingerprint density at radius 2 is 1.50 bits per heavy atom. The first-order valence-corrected chi connectivity index (χ1v) is 4.40. The molecule has 1 amide bonds. The van der Waals surface area contributed by atoms with Crippen LogP contribution in [0.3, 0.4) is 0 Å². The number of rotatable bonds is 3. The molecule has 0 unspecified atom stereocenters. The molecule has 0 rings (SSSR count). The van der Waals surface area contributed by atoms with Gasteiger partial charge in [-0.25, -0.2) is 5.84 Å². The Hall–Kier alpha value is -0.570. The average Bonchev–Trinajstić information content (AvgIpc) is 1.85. The smallest absolute Gasteiger partial charge is 0.239 e. The minimum absolute atomic E-state index is 0.0278. The van der Waals surface area contributed by atoms with E-state index in [4.69, 9.17) is 5.84 Å². The van der Waals surface area contributed by atoms with Crippen LogP contribution in [0.4, 0.5) is 0 Å². The monoisotopic (exact) mass is 172 g/mol. The van der Waals surface area contributed by atoms with Crippen LogP contribution in [0, 0.1) is 17.8 Å². The molecule has 2 N–H and O–H groups in total. The Kier molecular flexibility index (Phi) is 4.24. The van der Waals surface area contributed by atoms with Crippen LogP contribution in [0.15, 0.2) is 0 Å². The highest BCUT2D eigenvalue weighted by Crippen LogP contribution is 2.21. The Morgan fingerprint density at radius 3 is 1.58 bits per heavy atom. The highest BCUT2D eigenvalue weighted by Gasteiger charge is 2.26. The number of carbonyl (C=O) groups is 1. The van der Waals surface area contributed by atoms with Gasteiger partial charge < -0.3 is 0 Å². The Morgan fingerprint density at radius 1 is 1.17 bits per heavy atom. The topological polar surface area (TPSA) is 46.3 Å². The minimum Gasteiger partial charge on any atom is -0.284 e. The van der Waals surface area contributed by atoms with Crippen molar-refractivity contribution in [1.29, 1.82) is 0 Å². The largest absolute Gasteiger partial charge is 0.284 e. The third-order valence-corrected chi connectivity index (χ3v) is 2.07. The number of hydrazine groups is 1. The first-order chi connectivity index (χ1) is 5.37. The van der Waals surface area contributed by atoms with E-state index in [1.54, 1.807) is 7.05 Å². The minimum atomic E-state index is 0.0278. The van der Waals surface area contributed by atoms with Crippen LogP contribution in [0.25, 0.3) is 0 Å². The SMILES string of the molecule is CC(C)C(C(=O)N(C)N)C(C)C. The summed E-state index contributed by atoms with van der Waals surface area (Å²) in [7, 11) is 1.60. The van der Waals surface area contributed by atoms with Crippen LogP contribution in [0.2, 0.25) is 0 Å². The van der Waals surface area contributed by atoms with Crippen molar-refractivity contribution in [3.63, 3.8) is 0 Å². The van der Waals surface area contributed by atoms with Gasteiger partial charge in [-0.1, -0.05) is 27.7 Å². The van der Waals surface area contributed by atoms with E-state index in [9.17, 15) is 4.79 Å². The quantitative estimate of drug-likeness (QED) is 0.395. The van der Waals surface area contributed by atoms with Gasteiger partial charge in [-0.05, 0) is 11.8 Å². The van der Waals surface area contributed by atoms with Crippen LogP contribution in [-0.4, -0.2) is 18.0 Å². The summed E-state index contributed by atoms with van der Waals surface area (Å²) in [5.41, 5.74) is 0. The summed E-state index contributed by atoms with van der Waals surface area (Å²) in [4.78, 5) is 11.5. The lowest BCUT2D eigenvalue weighted by Crippen LogP contribution is -2.41. The molecule has 0 heterocycles. The molecular weight excluding hydrogens is 152 g/mol. The third-order valence-electron chi connectivity index (χ3n) is 2.07. The van der Waals surface area contributed by atoms with Gasteiger partial charge >= 0.3 is 0 Å². The number of nitrogens with zero attached hydrogens (tertiary/aromatic N) is 1. The van der Waals surface area contributed by atoms with Gasteiger partial charge in [-0.15, -0.1) is 0 Å². The normalized spacial score (nSPS) is 11.4. The summed E-state index contributed by atoms with van der Waals surface area (Å²) in [6.07, 6.45) is 0. The van der Waals surface area contributed by atoms with E-state index in [1.165, 1.54) is 5.01 Å². The molecule has 3 nitrogen and oxygen atoms in total. The van der Waals surface area contributed by atoms with Gasteiger partial charge in [0.1, 0.15) is 0 Å². The lowest BCUT2D eigenvalue weighted by molar-refractivity contribution is -0.137. The van der Waals surface area contributed by atoms with Crippen molar-refractivity contribution in [2.24, 2.45) is 23.6 Å². The predicted molar refractivity (Wildman–Crippen MR) is 50.1 cm³/mol. The van der Waals surface area contributed by atoms with Crippen molar-refractivity contribution in [2.75, 3.05) is 7.05 Å². The molecule has 0 aliphatic heterocycles. The molecule has 0 aliphatic carbocycles. The van der Waals surface area contributed by atoms with Crippen LogP contribution >= 0.6 is 0 Å². The third kappa shape index (κ3) is 2.81. The van der Waals surface area contributed by atoms with Gasteiger partial charge in [-0.3, -0.25) is 9.80 Å². The van der Waals surface area contributed by atoms with Crippen LogP contribution in [-0.2, 0) is 4.79 Å². The number of nitrogens with two attached hydrogens (primary N) is 1. The van der Waals surface area contributed by atoms with Crippen molar-refractivity contribution >= 4 is 5.91 Å². The molecular formula is C9H20N2O. The van der Waals surface area contributed by atoms with E-state index in [0.29, 0.717) is 11.8 Å². The Labute approximate surface area is 74.9 Å². The number of hydrogen-bond donors (Lipinski definition) is 1. The number of carbonyl (C=O) groups excluding carboxylic acids is 1. The Bertz CT molecular complexity index is 145. The van der Waals surface area contributed by atoms with Crippen LogP contribution in [0.5, 0.6) is 0 Å². The molecule has 0 atom stereocenters. The van der Waals surface area contributed by atoms with Gasteiger partial charge in [0.2, 0.25) is 5.91 Å². The molecule has 0 bridgehead atoms. The molecule has 0 fully saturated rings. The van der Waals surface area contributed by atoms with Crippen molar-refractivity contribution < 1.29 is 4.79 Å². The first-order valence-electron chi connectivity index (χ1n) is 4.40. The molecule has 0 aromatic heterocycles. The van der Waals surface area contributed by atoms with E-state index in [-0.39, 0.29) is 11.8 Å². The molecule has 72 valence electrons. The van der Waals surface area contributed by atoms with E-state index < -0.39 is 0 Å². The average molecular weight is 172 g/mol. The van der Waals surface area contributed by atoms with Crippen molar-refractivity contribution in [3.05, 3.63) is 0 Å². The summed E-state index contributed by atoms with van der Waals surface area (Å²) in [6, 6.07) is 0. The van der Waals surface area contributed by atoms with Crippen LogP contribution < -0.4 is 5.84 Å². The van der Waals surface area contributed by atoms with Crippen molar-refractivity contribution in [1.82, 2.24) is 5.01 Å².